The highest BCUT2D eigenvalue weighted by molar-refractivity contribution is 6.78. The molecule has 0 aliphatic heterocycles. The van der Waals surface area contributed by atoms with Gasteiger partial charge < -0.3 is 33.6 Å². The monoisotopic (exact) mass is 1680 g/mol. The highest BCUT2D eigenvalue weighted by Gasteiger charge is 2.32. The molecule has 8 aromatic carbocycles. The van der Waals surface area contributed by atoms with Crippen molar-refractivity contribution in [2.24, 2.45) is 5.41 Å². The van der Waals surface area contributed by atoms with E-state index in [1.165, 1.54) is 117 Å². The fourth-order valence-corrected chi connectivity index (χ4v) is 9.83. The Morgan fingerprint density at radius 2 is 0.723 bits per heavy atom. The van der Waals surface area contributed by atoms with E-state index in [2.05, 4.69) is 287 Å². The van der Waals surface area contributed by atoms with Crippen molar-refractivity contribution in [3.05, 3.63) is 300 Å². The SMILES string of the molecule is C=CCCC.C=CCOC(C)=O.CC.CC(=O)OC(C)(C)C.CC(=O)OCC1c2ccccc2-c2ccccc21.CC(=O)OCC[Si](C)(C)C.CC(=O)OCc1ccccc1.CC(C)(C)C.CC(C)(C)[Si](C)(C)C.CC(C)=O.CC(c1ccccc1)(c1ccccc1)c1ccccc1.CCC.CCc1ccc(CO)cc1.CCc1ccccc1.[HH].[HH].[HH].[HH].[HH].[HH].[HH]. The maximum atomic E-state index is 11.0. The Morgan fingerprint density at radius 1 is 0.420 bits per heavy atom. The Hall–Kier alpha value is -9.35. The van der Waals surface area contributed by atoms with Crippen molar-refractivity contribution >= 4 is 51.8 Å². The number of aliphatic hydroxyl groups is 1. The number of hydrogen-bond donors (Lipinski definition) is 1. The van der Waals surface area contributed by atoms with E-state index in [0.29, 0.717) is 36.9 Å². The van der Waals surface area contributed by atoms with Gasteiger partial charge in [-0.3, -0.25) is 24.0 Å². The molecule has 0 spiro atoms. The van der Waals surface area contributed by atoms with Crippen molar-refractivity contribution in [1.29, 1.82) is 0 Å². The number of hydrogen-bond acceptors (Lipinski definition) is 12. The van der Waals surface area contributed by atoms with Gasteiger partial charge in [0.1, 0.15) is 31.2 Å². The summed E-state index contributed by atoms with van der Waals surface area (Å²) >= 11 is 0. The summed E-state index contributed by atoms with van der Waals surface area (Å²) in [4.78, 5) is 61.3. The van der Waals surface area contributed by atoms with Crippen LogP contribution in [-0.2, 0) is 83.9 Å². The predicted molar refractivity (Wildman–Crippen MR) is 530 cm³/mol. The lowest BCUT2D eigenvalue weighted by Gasteiger charge is -2.32. The highest BCUT2D eigenvalue weighted by atomic mass is 28.3. The molecule has 0 atom stereocenters. The van der Waals surface area contributed by atoms with Crippen LogP contribution in [0.4, 0.5) is 0 Å². The second-order valence-corrected chi connectivity index (χ2v) is 45.4. The summed E-state index contributed by atoms with van der Waals surface area (Å²) in [5.74, 6) is -0.789. The fraction of sp³-hybridized carbons (Fsp3) is 0.448. The van der Waals surface area contributed by atoms with Crippen LogP contribution in [0.5, 0.6) is 0 Å². The zero-order valence-corrected chi connectivity index (χ0v) is 81.7. The largest absolute Gasteiger partial charge is 0.466 e. The molecule has 0 fully saturated rings. The molecule has 12 nitrogen and oxygen atoms in total. The zero-order valence-electron chi connectivity index (χ0n) is 79.7. The minimum atomic E-state index is -1.00. The lowest BCUT2D eigenvalue weighted by atomic mass is 9.71. The maximum absolute atomic E-state index is 11.0. The van der Waals surface area contributed by atoms with Crippen LogP contribution in [0, 0.1) is 5.41 Å². The van der Waals surface area contributed by atoms with Crippen molar-refractivity contribution in [3.63, 3.8) is 0 Å². The van der Waals surface area contributed by atoms with Crippen LogP contribution in [-0.4, -0.2) is 82.3 Å². The molecule has 0 heterocycles. The number of aryl methyl sites for hydroxylation is 2. The smallest absolute Gasteiger partial charge is 0.303 e. The average molecular weight is 1680 g/mol. The number of ether oxygens (including phenoxy) is 5. The molecular formula is C105H174O12Si2. The number of aliphatic hydroxyl groups excluding tert-OH is 1. The Morgan fingerprint density at radius 3 is 0.958 bits per heavy atom. The van der Waals surface area contributed by atoms with Crippen molar-refractivity contribution in [2.45, 2.75) is 286 Å². The highest BCUT2D eigenvalue weighted by Crippen LogP contribution is 2.45. The quantitative estimate of drug-likeness (QED) is 0.0301. The number of Topliss-reactive ketones (excluding diaryl/α,β-unsaturated/α-hetero) is 1. The molecule has 674 valence electrons. The standard InChI is InChI=1S/C20H18.C16H14O2.C9H10O2.C9H12O.C8H10.C7H16O2Si.C7H18Si.C6H12O2.C5H8O2.C5H12.C5H10.C3H6O.C3H8.C2H6.7H2/c1-20(17-11-5-2-6-12-17,18-13-7-3-8-14-18)19-15-9-4-10-16-19;1-11(17)18-10-16-14-8-4-2-6-12(14)13-7-3-5-9-15(13)16;1-8(10)11-7-9-5-3-2-4-6-9;1-2-8-3-5-9(7-10)6-4-8;1-2-8-6-4-3-5-7-8;1-7(8)9-5-6-10(2,3)4;1-7(2,3)8(4,5)6;1-5(7)8-6(2,3)4;1-3-4-7-5(2)6;1-5(2,3)4;1-3-5-4-2;1-3(2)4;1-3-2;1-2;;;;;;;/h2-16H,1H3;2-9,16H,10H2,1H3;2-6H,7H2,1H3;3-6,10H,2,7H2,1H3;3-7H,2H2,1H3;5-6H2,1-4H3;1-6H3;1-4H3;3H,1,4H2,2H3;1-4H3;3H,1,4-5H2,2H3;1-2H3;3H2,1-2H3;1-2H3;7*1H. The van der Waals surface area contributed by atoms with Crippen LogP contribution >= 0.6 is 0 Å². The molecule has 0 saturated heterocycles. The fourth-order valence-electron chi connectivity index (χ4n) is 9.12. The van der Waals surface area contributed by atoms with Crippen LogP contribution in [0.3, 0.4) is 0 Å². The predicted octanol–water partition coefficient (Wildman–Crippen LogP) is 30.0. The molecule has 9 rings (SSSR count). The topological polar surface area (TPSA) is 169 Å². The number of fused-ring (bicyclic) bond motifs is 3. The lowest BCUT2D eigenvalue weighted by molar-refractivity contribution is -0.152. The van der Waals surface area contributed by atoms with Gasteiger partial charge in [0.25, 0.3) is 0 Å². The Labute approximate surface area is 737 Å². The Bertz CT molecular complexity index is 3730. The lowest BCUT2D eigenvalue weighted by Crippen LogP contribution is -2.32. The van der Waals surface area contributed by atoms with Crippen molar-refractivity contribution < 1.29 is 67.5 Å². The summed E-state index contributed by atoms with van der Waals surface area (Å²) in [6.07, 6.45) is 9.29. The van der Waals surface area contributed by atoms with Crippen LogP contribution in [0.2, 0.25) is 50.4 Å². The molecule has 0 amide bonds. The number of allylic oxidation sites excluding steroid dienone is 1. The van der Waals surface area contributed by atoms with Gasteiger partial charge in [-0.15, -0.1) is 6.58 Å². The molecule has 8 aromatic rings. The maximum Gasteiger partial charge on any atom is 0.303 e. The normalized spacial score (nSPS) is 10.5. The summed E-state index contributed by atoms with van der Waals surface area (Å²) in [5, 5.41) is 9.28. The molecule has 1 aliphatic rings. The Kier molecular flexibility index (Phi) is 68.0. The first kappa shape index (κ1) is 118. The molecule has 1 aliphatic carbocycles. The van der Waals surface area contributed by atoms with E-state index >= 15 is 0 Å². The molecule has 0 aromatic heterocycles. The first-order valence-corrected chi connectivity index (χ1v) is 49.3. The third kappa shape index (κ3) is 67.2. The first-order valence-electron chi connectivity index (χ1n) is 42.1. The summed E-state index contributed by atoms with van der Waals surface area (Å²) < 4.78 is 24.0. The van der Waals surface area contributed by atoms with Gasteiger partial charge in [0.15, 0.2) is 0 Å². The van der Waals surface area contributed by atoms with Gasteiger partial charge in [0.05, 0.1) is 13.2 Å². The minimum Gasteiger partial charge on any atom is -0.466 e. The van der Waals surface area contributed by atoms with Gasteiger partial charge in [-0.1, -0.05) is 392 Å². The summed E-state index contributed by atoms with van der Waals surface area (Å²) in [6.45, 7) is 71.1. The molecule has 119 heavy (non-hydrogen) atoms. The Balaban J connectivity index is -0.000000114. The van der Waals surface area contributed by atoms with Crippen LogP contribution in [0.25, 0.3) is 11.1 Å². The van der Waals surface area contributed by atoms with Gasteiger partial charge in [-0.2, -0.15) is 0 Å². The van der Waals surface area contributed by atoms with Gasteiger partial charge in [0, 0.05) is 72.1 Å². The second kappa shape index (κ2) is 68.4. The first-order chi connectivity index (χ1) is 55.6. The molecule has 0 radical (unpaired) electrons. The average Bonchev–Trinajstić information content (AvgIpc) is 1.74. The molecule has 0 unspecified atom stereocenters. The number of unbranched alkanes of at least 4 members (excludes halogenated alkanes) is 1. The molecule has 0 bridgehead atoms. The van der Waals surface area contributed by atoms with E-state index in [9.17, 15) is 28.8 Å². The minimum absolute atomic E-state index is 0. The molecule has 0 saturated carbocycles. The van der Waals surface area contributed by atoms with E-state index in [0.717, 1.165) is 36.4 Å². The van der Waals surface area contributed by atoms with Gasteiger partial charge in [-0.25, -0.2) is 0 Å². The summed E-state index contributed by atoms with van der Waals surface area (Å²) in [5.41, 5.74) is 13.7. The number of esters is 5. The second-order valence-electron chi connectivity index (χ2n) is 33.8. The van der Waals surface area contributed by atoms with Gasteiger partial charge in [-0.05, 0) is 139 Å². The van der Waals surface area contributed by atoms with Crippen LogP contribution < -0.4 is 0 Å². The van der Waals surface area contributed by atoms with Crippen LogP contribution in [0.15, 0.2) is 250 Å². The number of benzene rings is 8. The van der Waals surface area contributed by atoms with Crippen molar-refractivity contribution in [2.75, 3.05) is 19.8 Å². The number of carbonyl (C=O) groups is 6. The molecule has 14 heteroatoms. The zero-order chi connectivity index (χ0) is 92.3. The van der Waals surface area contributed by atoms with Crippen molar-refractivity contribution in [3.8, 4) is 11.1 Å². The third-order valence-corrected chi connectivity index (χ3v) is 22.6. The third-order valence-electron chi connectivity index (χ3n) is 16.4. The number of rotatable bonds is 17. The summed E-state index contributed by atoms with van der Waals surface area (Å²) in [7, 11) is -1.86. The molecule has 1 N–H and O–H groups in total. The van der Waals surface area contributed by atoms with Gasteiger partial charge >= 0.3 is 29.8 Å². The number of ketones is 1. The van der Waals surface area contributed by atoms with E-state index in [1.807, 2.05) is 126 Å². The van der Waals surface area contributed by atoms with Crippen molar-refractivity contribution in [1.82, 2.24) is 0 Å². The molecular weight excluding hydrogens is 1510 g/mol. The van der Waals surface area contributed by atoms with E-state index < -0.39 is 16.1 Å². The van der Waals surface area contributed by atoms with Gasteiger partial charge in [0.2, 0.25) is 0 Å². The van der Waals surface area contributed by atoms with E-state index in [4.69, 9.17) is 24.1 Å². The summed E-state index contributed by atoms with van der Waals surface area (Å²) in [6, 6.07) is 77.9. The van der Waals surface area contributed by atoms with E-state index in [1.54, 1.807) is 0 Å². The van der Waals surface area contributed by atoms with Crippen LogP contribution in [0.1, 0.15) is 258 Å². The van der Waals surface area contributed by atoms with E-state index in [-0.39, 0.29) is 69.2 Å². The number of carbonyl (C=O) groups excluding carboxylic acids is 6.